The van der Waals surface area contributed by atoms with Gasteiger partial charge in [0, 0.05) is 19.5 Å². The molecule has 0 spiro atoms. The van der Waals surface area contributed by atoms with E-state index in [1.54, 1.807) is 0 Å². The zero-order valence-corrected chi connectivity index (χ0v) is 13.6. The fourth-order valence-corrected chi connectivity index (χ4v) is 1.88. The molecule has 0 radical (unpaired) electrons. The number of amides is 1. The minimum absolute atomic E-state index is 0. The Bertz CT molecular complexity index is 377. The summed E-state index contributed by atoms with van der Waals surface area (Å²) in [6.07, 6.45) is 1.37. The molecule has 1 aromatic carbocycles. The van der Waals surface area contributed by atoms with Crippen LogP contribution < -0.4 is 10.6 Å². The number of hydrogen-bond donors (Lipinski definition) is 2. The van der Waals surface area contributed by atoms with E-state index < -0.39 is 0 Å². The Hall–Kier alpha value is -1.06. The van der Waals surface area contributed by atoms with Gasteiger partial charge in [0.25, 0.3) is 0 Å². The third-order valence-corrected chi connectivity index (χ3v) is 3.16. The summed E-state index contributed by atoms with van der Waals surface area (Å²) in [6.45, 7) is 8.92. The van der Waals surface area contributed by atoms with Crippen LogP contribution in [0.5, 0.6) is 0 Å². The van der Waals surface area contributed by atoms with Crippen molar-refractivity contribution in [2.45, 2.75) is 39.5 Å². The van der Waals surface area contributed by atoms with Crippen molar-refractivity contribution in [2.24, 2.45) is 0 Å². The first-order valence-electron chi connectivity index (χ1n) is 7.19. The Morgan fingerprint density at radius 3 is 2.35 bits per heavy atom. The number of aryl methyl sites for hydroxylation is 1. The standard InChI is InChI=1S/C16H26N2O.ClH/c1-4-17-11-12-18-16(19)10-7-14-5-8-15(9-6-14)13(2)3;/h5-6,8-9,13,17H,4,7,10-12H2,1-3H3,(H,18,19);1H. The van der Waals surface area contributed by atoms with Crippen molar-refractivity contribution in [3.8, 4) is 0 Å². The molecule has 114 valence electrons. The average molecular weight is 299 g/mol. The van der Waals surface area contributed by atoms with Crippen molar-refractivity contribution < 1.29 is 4.79 Å². The van der Waals surface area contributed by atoms with Crippen LogP contribution in [0.2, 0.25) is 0 Å². The maximum atomic E-state index is 11.6. The molecule has 1 rings (SSSR count). The van der Waals surface area contributed by atoms with E-state index in [2.05, 4.69) is 55.7 Å². The molecule has 20 heavy (non-hydrogen) atoms. The first kappa shape index (κ1) is 18.9. The van der Waals surface area contributed by atoms with Crippen LogP contribution in [0, 0.1) is 0 Å². The number of carbonyl (C=O) groups is 1. The number of likely N-dealkylation sites (N-methyl/N-ethyl adjacent to an activating group) is 1. The fraction of sp³-hybridized carbons (Fsp3) is 0.562. The van der Waals surface area contributed by atoms with Gasteiger partial charge in [-0.05, 0) is 30.0 Å². The Morgan fingerprint density at radius 2 is 1.80 bits per heavy atom. The summed E-state index contributed by atoms with van der Waals surface area (Å²) in [6, 6.07) is 8.56. The van der Waals surface area contributed by atoms with Gasteiger partial charge < -0.3 is 10.6 Å². The molecular formula is C16H27ClN2O. The average Bonchev–Trinajstić information content (AvgIpc) is 2.42. The Morgan fingerprint density at radius 1 is 1.15 bits per heavy atom. The van der Waals surface area contributed by atoms with E-state index in [0.29, 0.717) is 18.9 Å². The second-order valence-corrected chi connectivity index (χ2v) is 5.10. The minimum Gasteiger partial charge on any atom is -0.355 e. The molecule has 2 N–H and O–H groups in total. The number of benzene rings is 1. The summed E-state index contributed by atoms with van der Waals surface area (Å²) in [5.74, 6) is 0.689. The molecule has 0 saturated carbocycles. The van der Waals surface area contributed by atoms with Crippen molar-refractivity contribution >= 4 is 18.3 Å². The van der Waals surface area contributed by atoms with Gasteiger partial charge in [0.15, 0.2) is 0 Å². The smallest absolute Gasteiger partial charge is 0.220 e. The summed E-state index contributed by atoms with van der Waals surface area (Å²) >= 11 is 0. The van der Waals surface area contributed by atoms with E-state index in [1.165, 1.54) is 11.1 Å². The maximum absolute atomic E-state index is 11.6. The lowest BCUT2D eigenvalue weighted by molar-refractivity contribution is -0.121. The first-order valence-corrected chi connectivity index (χ1v) is 7.19. The predicted octanol–water partition coefficient (Wildman–Crippen LogP) is 2.89. The lowest BCUT2D eigenvalue weighted by atomic mass is 10.0. The van der Waals surface area contributed by atoms with E-state index in [1.807, 2.05) is 0 Å². The van der Waals surface area contributed by atoms with E-state index in [0.717, 1.165) is 19.5 Å². The molecule has 0 aromatic heterocycles. The van der Waals surface area contributed by atoms with E-state index >= 15 is 0 Å². The first-order chi connectivity index (χ1) is 9.13. The second kappa shape index (κ2) is 10.7. The summed E-state index contributed by atoms with van der Waals surface area (Å²) in [7, 11) is 0. The van der Waals surface area contributed by atoms with Gasteiger partial charge in [-0.1, -0.05) is 45.0 Å². The van der Waals surface area contributed by atoms with E-state index in [9.17, 15) is 4.79 Å². The van der Waals surface area contributed by atoms with Crippen LogP contribution in [0.3, 0.4) is 0 Å². The molecule has 0 aliphatic carbocycles. The quantitative estimate of drug-likeness (QED) is 0.725. The van der Waals surface area contributed by atoms with Crippen LogP contribution in [0.25, 0.3) is 0 Å². The van der Waals surface area contributed by atoms with Gasteiger partial charge in [0.2, 0.25) is 5.91 Å². The zero-order chi connectivity index (χ0) is 14.1. The Labute approximate surface area is 128 Å². The summed E-state index contributed by atoms with van der Waals surface area (Å²) < 4.78 is 0. The minimum atomic E-state index is 0. The monoisotopic (exact) mass is 298 g/mol. The lowest BCUT2D eigenvalue weighted by Crippen LogP contribution is -2.31. The van der Waals surface area contributed by atoms with Crippen LogP contribution in [0.1, 0.15) is 44.2 Å². The molecule has 0 aliphatic heterocycles. The molecule has 0 bridgehead atoms. The van der Waals surface area contributed by atoms with Crippen LogP contribution in [0.15, 0.2) is 24.3 Å². The van der Waals surface area contributed by atoms with Gasteiger partial charge in [-0.3, -0.25) is 4.79 Å². The van der Waals surface area contributed by atoms with Gasteiger partial charge >= 0.3 is 0 Å². The summed E-state index contributed by atoms with van der Waals surface area (Å²) in [4.78, 5) is 11.6. The largest absolute Gasteiger partial charge is 0.355 e. The Kier molecular flexibility index (Phi) is 10.1. The molecule has 1 amide bonds. The molecular weight excluding hydrogens is 272 g/mol. The van der Waals surface area contributed by atoms with Crippen LogP contribution in [0.4, 0.5) is 0 Å². The highest BCUT2D eigenvalue weighted by atomic mass is 35.5. The number of halogens is 1. The van der Waals surface area contributed by atoms with Crippen molar-refractivity contribution in [3.05, 3.63) is 35.4 Å². The van der Waals surface area contributed by atoms with Gasteiger partial charge in [-0.25, -0.2) is 0 Å². The third-order valence-electron chi connectivity index (χ3n) is 3.16. The molecule has 3 nitrogen and oxygen atoms in total. The molecule has 0 atom stereocenters. The highest BCUT2D eigenvalue weighted by Crippen LogP contribution is 2.15. The SMILES string of the molecule is CCNCCNC(=O)CCc1ccc(C(C)C)cc1.Cl. The molecule has 0 aliphatic rings. The third kappa shape index (κ3) is 7.51. The molecule has 0 unspecified atom stereocenters. The van der Waals surface area contributed by atoms with E-state index in [-0.39, 0.29) is 18.3 Å². The van der Waals surface area contributed by atoms with Gasteiger partial charge in [0.1, 0.15) is 0 Å². The molecule has 4 heteroatoms. The highest BCUT2D eigenvalue weighted by molar-refractivity contribution is 5.85. The normalized spacial score (nSPS) is 10.2. The lowest BCUT2D eigenvalue weighted by Gasteiger charge is -2.08. The number of nitrogens with one attached hydrogen (secondary N) is 2. The maximum Gasteiger partial charge on any atom is 0.220 e. The zero-order valence-electron chi connectivity index (χ0n) is 12.7. The van der Waals surface area contributed by atoms with Crippen LogP contribution in [-0.2, 0) is 11.2 Å². The summed E-state index contributed by atoms with van der Waals surface area (Å²) in [5, 5.41) is 6.10. The van der Waals surface area contributed by atoms with Crippen molar-refractivity contribution in [3.63, 3.8) is 0 Å². The Balaban J connectivity index is 0.00000361. The van der Waals surface area contributed by atoms with Gasteiger partial charge in [0.05, 0.1) is 0 Å². The number of rotatable bonds is 8. The van der Waals surface area contributed by atoms with Crippen molar-refractivity contribution in [2.75, 3.05) is 19.6 Å². The molecule has 0 fully saturated rings. The van der Waals surface area contributed by atoms with E-state index in [4.69, 9.17) is 0 Å². The predicted molar refractivity (Wildman–Crippen MR) is 87.7 cm³/mol. The van der Waals surface area contributed by atoms with Gasteiger partial charge in [-0.15, -0.1) is 12.4 Å². The fourth-order valence-electron chi connectivity index (χ4n) is 1.88. The van der Waals surface area contributed by atoms with Crippen molar-refractivity contribution in [1.82, 2.24) is 10.6 Å². The molecule has 0 heterocycles. The van der Waals surface area contributed by atoms with Gasteiger partial charge in [-0.2, -0.15) is 0 Å². The molecule has 0 saturated heterocycles. The van der Waals surface area contributed by atoms with Crippen molar-refractivity contribution in [1.29, 1.82) is 0 Å². The van der Waals surface area contributed by atoms with Crippen LogP contribution >= 0.6 is 12.4 Å². The topological polar surface area (TPSA) is 41.1 Å². The van der Waals surface area contributed by atoms with Crippen LogP contribution in [-0.4, -0.2) is 25.5 Å². The summed E-state index contributed by atoms with van der Waals surface area (Å²) in [5.41, 5.74) is 2.57. The number of hydrogen-bond acceptors (Lipinski definition) is 2. The highest BCUT2D eigenvalue weighted by Gasteiger charge is 2.03. The second-order valence-electron chi connectivity index (χ2n) is 5.10. The molecule has 1 aromatic rings. The number of carbonyl (C=O) groups excluding carboxylic acids is 1.